The van der Waals surface area contributed by atoms with Gasteiger partial charge in [-0.05, 0) is 35.7 Å². The fourth-order valence-corrected chi connectivity index (χ4v) is 3.15. The first-order chi connectivity index (χ1) is 10.3. The van der Waals surface area contributed by atoms with Crippen LogP contribution in [0.1, 0.15) is 18.5 Å². The summed E-state index contributed by atoms with van der Waals surface area (Å²) < 4.78 is 0. The van der Waals surface area contributed by atoms with Crippen molar-refractivity contribution in [3.63, 3.8) is 0 Å². The maximum Gasteiger partial charge on any atom is 0.0406 e. The van der Waals surface area contributed by atoms with E-state index in [2.05, 4.69) is 53.5 Å². The van der Waals surface area contributed by atoms with Crippen LogP contribution in [0.2, 0.25) is 5.02 Å². The number of hydrogen-bond acceptors (Lipinski definition) is 2. The van der Waals surface area contributed by atoms with Crippen LogP contribution in [0.15, 0.2) is 48.5 Å². The van der Waals surface area contributed by atoms with Crippen LogP contribution in [0.25, 0.3) is 11.1 Å². The van der Waals surface area contributed by atoms with Crippen LogP contribution in [0.5, 0.6) is 0 Å². The molecule has 2 aromatic carbocycles. The highest BCUT2D eigenvalue weighted by Crippen LogP contribution is 2.31. The van der Waals surface area contributed by atoms with Gasteiger partial charge in [-0.3, -0.25) is 4.90 Å². The molecule has 2 aromatic rings. The zero-order valence-electron chi connectivity index (χ0n) is 12.3. The van der Waals surface area contributed by atoms with Gasteiger partial charge in [-0.2, -0.15) is 0 Å². The number of rotatable bonds is 3. The van der Waals surface area contributed by atoms with Gasteiger partial charge in [0, 0.05) is 37.2 Å². The molecule has 1 N–H and O–H groups in total. The Labute approximate surface area is 131 Å². The van der Waals surface area contributed by atoms with Gasteiger partial charge in [0.1, 0.15) is 0 Å². The Balaban J connectivity index is 1.93. The minimum atomic E-state index is 0.430. The van der Waals surface area contributed by atoms with Gasteiger partial charge < -0.3 is 5.32 Å². The smallest absolute Gasteiger partial charge is 0.0406 e. The third-order valence-electron chi connectivity index (χ3n) is 4.27. The number of piperazine rings is 1. The van der Waals surface area contributed by atoms with Crippen molar-refractivity contribution in [2.45, 2.75) is 13.0 Å². The summed E-state index contributed by atoms with van der Waals surface area (Å²) in [7, 11) is 0. The molecule has 0 saturated carbocycles. The molecule has 1 heterocycles. The van der Waals surface area contributed by atoms with E-state index in [0.29, 0.717) is 6.04 Å². The Morgan fingerprint density at radius 3 is 2.38 bits per heavy atom. The second-order valence-electron chi connectivity index (χ2n) is 5.56. The summed E-state index contributed by atoms with van der Waals surface area (Å²) in [5.74, 6) is 0. The quantitative estimate of drug-likeness (QED) is 0.922. The number of halogens is 1. The first kappa shape index (κ1) is 14.6. The summed E-state index contributed by atoms with van der Waals surface area (Å²) >= 11 is 6.01. The van der Waals surface area contributed by atoms with E-state index in [9.17, 15) is 0 Å². The minimum absolute atomic E-state index is 0.430. The second-order valence-corrected chi connectivity index (χ2v) is 5.99. The molecular weight excluding hydrogens is 280 g/mol. The molecule has 1 aliphatic rings. The molecule has 1 unspecified atom stereocenters. The van der Waals surface area contributed by atoms with Crippen molar-refractivity contribution < 1.29 is 0 Å². The van der Waals surface area contributed by atoms with Gasteiger partial charge >= 0.3 is 0 Å². The van der Waals surface area contributed by atoms with Gasteiger partial charge in [0.25, 0.3) is 0 Å². The number of hydrogen-bond donors (Lipinski definition) is 1. The van der Waals surface area contributed by atoms with E-state index < -0.39 is 0 Å². The lowest BCUT2D eigenvalue weighted by molar-refractivity contribution is 0.186. The Bertz CT molecular complexity index is 588. The molecule has 3 rings (SSSR count). The predicted molar refractivity (Wildman–Crippen MR) is 89.7 cm³/mol. The summed E-state index contributed by atoms with van der Waals surface area (Å²) in [6, 6.07) is 17.3. The third-order valence-corrected chi connectivity index (χ3v) is 4.52. The van der Waals surface area contributed by atoms with Crippen molar-refractivity contribution in [3.8, 4) is 11.1 Å². The Morgan fingerprint density at radius 2 is 1.67 bits per heavy atom. The van der Waals surface area contributed by atoms with Crippen molar-refractivity contribution in [3.05, 3.63) is 59.1 Å². The lowest BCUT2D eigenvalue weighted by atomic mass is 9.94. The average Bonchev–Trinajstić information content (AvgIpc) is 2.56. The van der Waals surface area contributed by atoms with Gasteiger partial charge in [0.05, 0.1) is 0 Å². The summed E-state index contributed by atoms with van der Waals surface area (Å²) in [6.07, 6.45) is 0. The minimum Gasteiger partial charge on any atom is -0.314 e. The van der Waals surface area contributed by atoms with Gasteiger partial charge in [-0.15, -0.1) is 0 Å². The second kappa shape index (κ2) is 6.61. The maximum absolute atomic E-state index is 6.01. The van der Waals surface area contributed by atoms with Crippen molar-refractivity contribution in [2.24, 2.45) is 0 Å². The molecule has 0 radical (unpaired) electrons. The largest absolute Gasteiger partial charge is 0.314 e. The third kappa shape index (κ3) is 3.29. The average molecular weight is 301 g/mol. The topological polar surface area (TPSA) is 15.3 Å². The van der Waals surface area contributed by atoms with E-state index >= 15 is 0 Å². The first-order valence-electron chi connectivity index (χ1n) is 7.55. The summed E-state index contributed by atoms with van der Waals surface area (Å²) in [4.78, 5) is 2.55. The Morgan fingerprint density at radius 1 is 1.00 bits per heavy atom. The van der Waals surface area contributed by atoms with Gasteiger partial charge in [-0.1, -0.05) is 48.0 Å². The summed E-state index contributed by atoms with van der Waals surface area (Å²) in [5.41, 5.74) is 3.93. The first-order valence-corrected chi connectivity index (χ1v) is 7.93. The Hall–Kier alpha value is -1.35. The molecule has 1 saturated heterocycles. The molecule has 1 atom stereocenters. The standard InChI is InChI=1S/C18H21ClN2/c1-14(21-12-10-20-11-13-21)17-4-2-3-5-18(17)15-6-8-16(19)9-7-15/h2-9,14,20H,10-13H2,1H3. The molecule has 0 aromatic heterocycles. The van der Waals surface area contributed by atoms with E-state index in [4.69, 9.17) is 11.6 Å². The van der Waals surface area contributed by atoms with Crippen LogP contribution in [-0.4, -0.2) is 31.1 Å². The molecule has 0 bridgehead atoms. The molecule has 1 aliphatic heterocycles. The Kier molecular flexibility index (Phi) is 4.59. The maximum atomic E-state index is 6.01. The predicted octanol–water partition coefficient (Wildman–Crippen LogP) is 3.97. The van der Waals surface area contributed by atoms with Gasteiger partial charge in [0.15, 0.2) is 0 Å². The summed E-state index contributed by atoms with van der Waals surface area (Å²) in [6.45, 7) is 6.67. The number of benzene rings is 2. The van der Waals surface area contributed by atoms with E-state index in [-0.39, 0.29) is 0 Å². The molecule has 0 aliphatic carbocycles. The fraction of sp³-hybridized carbons (Fsp3) is 0.333. The van der Waals surface area contributed by atoms with Crippen molar-refractivity contribution >= 4 is 11.6 Å². The van der Waals surface area contributed by atoms with Crippen molar-refractivity contribution in [1.29, 1.82) is 0 Å². The fourth-order valence-electron chi connectivity index (χ4n) is 3.02. The number of nitrogens with zero attached hydrogens (tertiary/aromatic N) is 1. The zero-order chi connectivity index (χ0) is 14.7. The molecule has 110 valence electrons. The van der Waals surface area contributed by atoms with Crippen LogP contribution >= 0.6 is 11.6 Å². The van der Waals surface area contributed by atoms with Crippen LogP contribution in [0.4, 0.5) is 0 Å². The molecule has 0 amide bonds. The van der Waals surface area contributed by atoms with Crippen LogP contribution in [0, 0.1) is 0 Å². The lowest BCUT2D eigenvalue weighted by Crippen LogP contribution is -2.44. The number of nitrogens with one attached hydrogen (secondary N) is 1. The molecular formula is C18H21ClN2. The molecule has 2 nitrogen and oxygen atoms in total. The van der Waals surface area contributed by atoms with Gasteiger partial charge in [0.2, 0.25) is 0 Å². The SMILES string of the molecule is CC(c1ccccc1-c1ccc(Cl)cc1)N1CCNCC1. The highest BCUT2D eigenvalue weighted by atomic mass is 35.5. The molecule has 1 fully saturated rings. The van der Waals surface area contributed by atoms with E-state index in [1.54, 1.807) is 0 Å². The highest BCUT2D eigenvalue weighted by Gasteiger charge is 2.20. The van der Waals surface area contributed by atoms with E-state index in [0.717, 1.165) is 31.2 Å². The molecule has 0 spiro atoms. The molecule has 3 heteroatoms. The monoisotopic (exact) mass is 300 g/mol. The van der Waals surface area contributed by atoms with E-state index in [1.807, 2.05) is 12.1 Å². The highest BCUT2D eigenvalue weighted by molar-refractivity contribution is 6.30. The van der Waals surface area contributed by atoms with Crippen molar-refractivity contribution in [2.75, 3.05) is 26.2 Å². The van der Waals surface area contributed by atoms with Crippen LogP contribution in [0.3, 0.4) is 0 Å². The lowest BCUT2D eigenvalue weighted by Gasteiger charge is -2.34. The van der Waals surface area contributed by atoms with E-state index in [1.165, 1.54) is 16.7 Å². The normalized spacial score (nSPS) is 17.6. The van der Waals surface area contributed by atoms with Crippen LogP contribution in [-0.2, 0) is 0 Å². The molecule has 21 heavy (non-hydrogen) atoms. The zero-order valence-corrected chi connectivity index (χ0v) is 13.1. The van der Waals surface area contributed by atoms with Gasteiger partial charge in [-0.25, -0.2) is 0 Å². The van der Waals surface area contributed by atoms with Crippen LogP contribution < -0.4 is 5.32 Å². The van der Waals surface area contributed by atoms with Crippen molar-refractivity contribution in [1.82, 2.24) is 10.2 Å². The summed E-state index contributed by atoms with van der Waals surface area (Å²) in [5, 5.41) is 4.20.